The fraction of sp³-hybridized carbons (Fsp3) is 0.143. The Morgan fingerprint density at radius 3 is 3.00 bits per heavy atom. The molecule has 0 radical (unpaired) electrons. The predicted molar refractivity (Wildman–Crippen MR) is 72.1 cm³/mol. The van der Waals surface area contributed by atoms with Crippen LogP contribution in [0.1, 0.15) is 11.1 Å². The van der Waals surface area contributed by atoms with Crippen LogP contribution in [0.25, 0.3) is 10.9 Å². The van der Waals surface area contributed by atoms with E-state index in [-0.39, 0.29) is 0 Å². The fourth-order valence-corrected chi connectivity index (χ4v) is 2.30. The number of aryl methyl sites for hydroxylation is 1. The van der Waals surface area contributed by atoms with Crippen molar-refractivity contribution in [2.24, 2.45) is 0 Å². The maximum absolute atomic E-state index is 9.12. The molecule has 0 atom stereocenters. The van der Waals surface area contributed by atoms with Gasteiger partial charge >= 0.3 is 0 Å². The quantitative estimate of drug-likeness (QED) is 0.606. The second kappa shape index (κ2) is 5.03. The second-order valence-corrected chi connectivity index (χ2v) is 4.76. The molecule has 0 spiro atoms. The summed E-state index contributed by atoms with van der Waals surface area (Å²) in [7, 11) is 0. The lowest BCUT2D eigenvalue weighted by molar-refractivity contribution is 1.16. The number of thioether (sulfide) groups is 1. The molecule has 2 rings (SSSR count). The van der Waals surface area contributed by atoms with Gasteiger partial charge in [-0.3, -0.25) is 0 Å². The zero-order valence-corrected chi connectivity index (χ0v) is 10.4. The van der Waals surface area contributed by atoms with E-state index in [4.69, 9.17) is 5.26 Å². The molecule has 1 aromatic carbocycles. The third kappa shape index (κ3) is 2.48. The first-order chi connectivity index (χ1) is 8.24. The first-order valence-electron chi connectivity index (χ1n) is 5.30. The third-order valence-electron chi connectivity index (χ3n) is 2.39. The summed E-state index contributed by atoms with van der Waals surface area (Å²) < 4.78 is 0. The van der Waals surface area contributed by atoms with Crippen molar-refractivity contribution in [3.63, 3.8) is 0 Å². The van der Waals surface area contributed by atoms with Crippen LogP contribution in [0.15, 0.2) is 41.9 Å². The van der Waals surface area contributed by atoms with Gasteiger partial charge in [0.1, 0.15) is 11.1 Å². The Balaban J connectivity index is 2.57. The monoisotopic (exact) mass is 240 g/mol. The normalized spacial score (nSPS) is 10.1. The van der Waals surface area contributed by atoms with E-state index in [0.29, 0.717) is 5.56 Å². The highest BCUT2D eigenvalue weighted by Gasteiger charge is 2.06. The van der Waals surface area contributed by atoms with E-state index in [2.05, 4.69) is 17.6 Å². The molecule has 0 unspecified atom stereocenters. The first kappa shape index (κ1) is 11.7. The summed E-state index contributed by atoms with van der Waals surface area (Å²) in [5.41, 5.74) is 2.74. The van der Waals surface area contributed by atoms with E-state index in [1.165, 1.54) is 17.3 Å². The molecule has 0 aliphatic heterocycles. The van der Waals surface area contributed by atoms with Crippen LogP contribution in [-0.2, 0) is 0 Å². The highest BCUT2D eigenvalue weighted by atomic mass is 32.2. The van der Waals surface area contributed by atoms with Gasteiger partial charge in [-0.1, -0.05) is 17.7 Å². The second-order valence-electron chi connectivity index (χ2n) is 3.75. The first-order valence-corrected chi connectivity index (χ1v) is 6.28. The Kier molecular flexibility index (Phi) is 3.46. The molecule has 0 amide bonds. The van der Waals surface area contributed by atoms with Crippen molar-refractivity contribution in [1.29, 1.82) is 5.26 Å². The van der Waals surface area contributed by atoms with Crippen molar-refractivity contribution >= 4 is 22.7 Å². The molecular formula is C14H12N2S. The van der Waals surface area contributed by atoms with Crippen molar-refractivity contribution in [3.8, 4) is 6.07 Å². The maximum atomic E-state index is 9.12. The largest absolute Gasteiger partial charge is 0.240 e. The lowest BCUT2D eigenvalue weighted by Gasteiger charge is -2.04. The molecule has 84 valence electrons. The van der Waals surface area contributed by atoms with Gasteiger partial charge in [0, 0.05) is 11.1 Å². The maximum Gasteiger partial charge on any atom is 0.115 e. The van der Waals surface area contributed by atoms with E-state index < -0.39 is 0 Å². The third-order valence-corrected chi connectivity index (χ3v) is 3.38. The van der Waals surface area contributed by atoms with Crippen LogP contribution in [0.4, 0.5) is 0 Å². The van der Waals surface area contributed by atoms with Crippen LogP contribution in [0, 0.1) is 18.3 Å². The minimum Gasteiger partial charge on any atom is -0.240 e. The zero-order valence-electron chi connectivity index (χ0n) is 9.60. The summed E-state index contributed by atoms with van der Waals surface area (Å²) in [6.07, 6.45) is 1.81. The van der Waals surface area contributed by atoms with Gasteiger partial charge in [0.2, 0.25) is 0 Å². The van der Waals surface area contributed by atoms with Gasteiger partial charge in [-0.05, 0) is 25.1 Å². The summed E-state index contributed by atoms with van der Waals surface area (Å²) in [5.74, 6) is 0.763. The van der Waals surface area contributed by atoms with Crippen molar-refractivity contribution in [1.82, 2.24) is 4.98 Å². The molecule has 0 aliphatic rings. The molecular weight excluding hydrogens is 228 g/mol. The van der Waals surface area contributed by atoms with Crippen molar-refractivity contribution in [2.75, 3.05) is 5.75 Å². The number of pyridine rings is 1. The van der Waals surface area contributed by atoms with Gasteiger partial charge in [-0.2, -0.15) is 5.26 Å². The molecule has 0 saturated heterocycles. The molecule has 3 heteroatoms. The molecule has 0 fully saturated rings. The molecule has 0 saturated carbocycles. The Morgan fingerprint density at radius 1 is 1.47 bits per heavy atom. The number of fused-ring (bicyclic) bond motifs is 1. The van der Waals surface area contributed by atoms with Crippen LogP contribution in [0.5, 0.6) is 0 Å². The highest BCUT2D eigenvalue weighted by molar-refractivity contribution is 7.99. The SMILES string of the molecule is C=CCSc1nc2ccc(C)cc2cc1C#N. The average molecular weight is 240 g/mol. The average Bonchev–Trinajstić information content (AvgIpc) is 2.35. The Labute approximate surface area is 105 Å². The van der Waals surface area contributed by atoms with Crippen LogP contribution < -0.4 is 0 Å². The topological polar surface area (TPSA) is 36.7 Å². The fourth-order valence-electron chi connectivity index (χ4n) is 1.61. The molecule has 1 heterocycles. The zero-order chi connectivity index (χ0) is 12.3. The molecule has 2 aromatic rings. The summed E-state index contributed by atoms with van der Waals surface area (Å²) in [5, 5.41) is 10.9. The molecule has 1 aromatic heterocycles. The van der Waals surface area contributed by atoms with Gasteiger partial charge in [-0.25, -0.2) is 4.98 Å². The summed E-state index contributed by atoms with van der Waals surface area (Å²) in [4.78, 5) is 4.52. The minimum atomic E-state index is 0.634. The van der Waals surface area contributed by atoms with Gasteiger partial charge in [-0.15, -0.1) is 18.3 Å². The Hall–Kier alpha value is -1.79. The van der Waals surface area contributed by atoms with E-state index in [9.17, 15) is 0 Å². The summed E-state index contributed by atoms with van der Waals surface area (Å²) in [6, 6.07) is 10.2. The number of rotatable bonds is 3. The van der Waals surface area contributed by atoms with E-state index in [1.807, 2.05) is 37.3 Å². The molecule has 0 bridgehead atoms. The van der Waals surface area contributed by atoms with Gasteiger partial charge < -0.3 is 0 Å². The van der Waals surface area contributed by atoms with E-state index >= 15 is 0 Å². The van der Waals surface area contributed by atoms with Crippen molar-refractivity contribution in [3.05, 3.63) is 48.0 Å². The molecule has 2 nitrogen and oxygen atoms in total. The van der Waals surface area contributed by atoms with Crippen LogP contribution >= 0.6 is 11.8 Å². The molecule has 0 N–H and O–H groups in total. The van der Waals surface area contributed by atoms with E-state index in [0.717, 1.165) is 21.7 Å². The van der Waals surface area contributed by atoms with Gasteiger partial charge in [0.15, 0.2) is 0 Å². The summed E-state index contributed by atoms with van der Waals surface area (Å²) in [6.45, 7) is 5.71. The number of nitriles is 1. The lowest BCUT2D eigenvalue weighted by Crippen LogP contribution is -1.90. The summed E-state index contributed by atoms with van der Waals surface area (Å²) >= 11 is 1.54. The Bertz CT molecular complexity index is 611. The highest BCUT2D eigenvalue weighted by Crippen LogP contribution is 2.25. The van der Waals surface area contributed by atoms with Gasteiger partial charge in [0.05, 0.1) is 11.1 Å². The van der Waals surface area contributed by atoms with E-state index in [1.54, 1.807) is 0 Å². The Morgan fingerprint density at radius 2 is 2.29 bits per heavy atom. The number of hydrogen-bond donors (Lipinski definition) is 0. The van der Waals surface area contributed by atoms with Crippen LogP contribution in [-0.4, -0.2) is 10.7 Å². The van der Waals surface area contributed by atoms with Gasteiger partial charge in [0.25, 0.3) is 0 Å². The van der Waals surface area contributed by atoms with Crippen molar-refractivity contribution < 1.29 is 0 Å². The molecule has 17 heavy (non-hydrogen) atoms. The number of aromatic nitrogens is 1. The number of hydrogen-bond acceptors (Lipinski definition) is 3. The predicted octanol–water partition coefficient (Wildman–Crippen LogP) is 3.69. The number of benzene rings is 1. The number of nitrogens with zero attached hydrogens (tertiary/aromatic N) is 2. The minimum absolute atomic E-state index is 0.634. The van der Waals surface area contributed by atoms with Crippen LogP contribution in [0.3, 0.4) is 0 Å². The van der Waals surface area contributed by atoms with Crippen LogP contribution in [0.2, 0.25) is 0 Å². The lowest BCUT2D eigenvalue weighted by atomic mass is 10.1. The van der Waals surface area contributed by atoms with Crippen molar-refractivity contribution in [2.45, 2.75) is 11.9 Å². The molecule has 0 aliphatic carbocycles. The standard InChI is InChI=1S/C14H12N2S/c1-3-6-17-14-12(9-15)8-11-7-10(2)4-5-13(11)16-14/h3-5,7-8H,1,6H2,2H3. The smallest absolute Gasteiger partial charge is 0.115 e.